The van der Waals surface area contributed by atoms with Crippen molar-refractivity contribution in [3.63, 3.8) is 0 Å². The summed E-state index contributed by atoms with van der Waals surface area (Å²) in [6, 6.07) is 7.89. The van der Waals surface area contributed by atoms with Gasteiger partial charge < -0.3 is 10.2 Å². The van der Waals surface area contributed by atoms with Gasteiger partial charge in [0.05, 0.1) is 11.1 Å². The van der Waals surface area contributed by atoms with Gasteiger partial charge in [-0.15, -0.1) is 0 Å². The van der Waals surface area contributed by atoms with Gasteiger partial charge in [0.25, 0.3) is 17.7 Å². The Balaban J connectivity index is 2.08. The lowest BCUT2D eigenvalue weighted by molar-refractivity contribution is -0.115. The second-order valence-electron chi connectivity index (χ2n) is 3.98. The third-order valence-corrected chi connectivity index (χ3v) is 2.78. The fraction of sp³-hybridized carbons (Fsp3) is 0.154. The van der Waals surface area contributed by atoms with Gasteiger partial charge >= 0.3 is 0 Å². The number of hydrogen-bond acceptors (Lipinski definition) is 6. The molecule has 1 aliphatic rings. The molecule has 0 atom stereocenters. The predicted molar refractivity (Wildman–Crippen MR) is 70.0 cm³/mol. The number of amides is 3. The second kappa shape index (κ2) is 5.83. The molecule has 1 aromatic carbocycles. The van der Waals surface area contributed by atoms with Crippen molar-refractivity contribution in [2.24, 2.45) is 5.16 Å². The van der Waals surface area contributed by atoms with E-state index in [1.165, 1.54) is 19.2 Å². The highest BCUT2D eigenvalue weighted by Gasteiger charge is 2.35. The highest BCUT2D eigenvalue weighted by atomic mass is 16.6. The number of nitrogens with zero attached hydrogens (tertiary/aromatic N) is 3. The molecule has 0 saturated carbocycles. The largest absolute Gasteiger partial charge is 0.398 e. The molecule has 0 fully saturated rings. The average Bonchev–Trinajstić information content (AvgIpc) is 2.75. The quantitative estimate of drug-likeness (QED) is 0.471. The standard InChI is InChI=1S/C13H10N4O4/c1-21-16-10(6-14)11(18)15-7-17-12(19)8-4-2-3-5-9(8)13(17)20/h2-5H,7H2,1H3,(H,15,18)/b16-10+. The lowest BCUT2D eigenvalue weighted by Gasteiger charge is -2.13. The van der Waals surface area contributed by atoms with Crippen LogP contribution in [0.4, 0.5) is 0 Å². The Morgan fingerprint density at radius 2 is 1.90 bits per heavy atom. The lowest BCUT2D eigenvalue weighted by atomic mass is 10.1. The number of fused-ring (bicyclic) bond motifs is 1. The van der Waals surface area contributed by atoms with Gasteiger partial charge in [-0.3, -0.25) is 19.3 Å². The lowest BCUT2D eigenvalue weighted by Crippen LogP contribution is -2.43. The summed E-state index contributed by atoms with van der Waals surface area (Å²) < 4.78 is 0. The van der Waals surface area contributed by atoms with E-state index in [2.05, 4.69) is 15.3 Å². The van der Waals surface area contributed by atoms with Crippen LogP contribution in [0.25, 0.3) is 0 Å². The number of oxime groups is 1. The van der Waals surface area contributed by atoms with E-state index in [0.29, 0.717) is 0 Å². The van der Waals surface area contributed by atoms with E-state index in [-0.39, 0.29) is 17.8 Å². The number of carbonyl (C=O) groups excluding carboxylic acids is 3. The van der Waals surface area contributed by atoms with Gasteiger partial charge in [-0.2, -0.15) is 5.26 Å². The molecule has 8 heteroatoms. The summed E-state index contributed by atoms with van der Waals surface area (Å²) in [7, 11) is 1.19. The Hall–Kier alpha value is -3.21. The fourth-order valence-electron chi connectivity index (χ4n) is 1.82. The summed E-state index contributed by atoms with van der Waals surface area (Å²) in [6.45, 7) is -0.352. The fourth-order valence-corrected chi connectivity index (χ4v) is 1.82. The molecule has 3 amide bonds. The second-order valence-corrected chi connectivity index (χ2v) is 3.98. The molecular weight excluding hydrogens is 276 g/mol. The van der Waals surface area contributed by atoms with Crippen LogP contribution in [0, 0.1) is 11.3 Å². The van der Waals surface area contributed by atoms with Gasteiger partial charge in [0.2, 0.25) is 5.71 Å². The first kappa shape index (κ1) is 14.2. The SMILES string of the molecule is CO/N=C(\C#N)C(=O)NCN1C(=O)c2ccccc2C1=O. The van der Waals surface area contributed by atoms with E-state index in [4.69, 9.17) is 5.26 Å². The zero-order chi connectivity index (χ0) is 15.4. The minimum absolute atomic E-state index is 0.280. The van der Waals surface area contributed by atoms with Crippen LogP contribution in [0.5, 0.6) is 0 Å². The molecule has 106 valence electrons. The van der Waals surface area contributed by atoms with Crippen molar-refractivity contribution in [2.75, 3.05) is 13.8 Å². The zero-order valence-electron chi connectivity index (χ0n) is 11.0. The Morgan fingerprint density at radius 3 is 2.38 bits per heavy atom. The van der Waals surface area contributed by atoms with E-state index in [0.717, 1.165) is 4.90 Å². The number of nitriles is 1. The van der Waals surface area contributed by atoms with Crippen LogP contribution in [0.15, 0.2) is 29.4 Å². The molecule has 0 radical (unpaired) electrons. The van der Waals surface area contributed by atoms with Crippen LogP contribution in [0.2, 0.25) is 0 Å². The molecule has 0 unspecified atom stereocenters. The molecule has 0 spiro atoms. The molecule has 8 nitrogen and oxygen atoms in total. The molecule has 2 rings (SSSR count). The molecule has 1 aliphatic heterocycles. The Bertz CT molecular complexity index is 655. The first-order chi connectivity index (χ1) is 10.1. The monoisotopic (exact) mass is 286 g/mol. The summed E-state index contributed by atoms with van der Waals surface area (Å²) >= 11 is 0. The molecule has 1 aromatic rings. The average molecular weight is 286 g/mol. The van der Waals surface area contributed by atoms with Crippen LogP contribution in [-0.2, 0) is 9.63 Å². The molecule has 1 heterocycles. The highest BCUT2D eigenvalue weighted by molar-refractivity contribution is 6.45. The van der Waals surface area contributed by atoms with Crippen LogP contribution in [0.1, 0.15) is 20.7 Å². The number of imide groups is 1. The first-order valence-corrected chi connectivity index (χ1v) is 5.84. The number of carbonyl (C=O) groups is 3. The van der Waals surface area contributed by atoms with Crippen molar-refractivity contribution in [1.29, 1.82) is 5.26 Å². The molecule has 21 heavy (non-hydrogen) atoms. The predicted octanol–water partition coefficient (Wildman–Crippen LogP) is -0.118. The summed E-state index contributed by atoms with van der Waals surface area (Å²) in [6.07, 6.45) is 0. The van der Waals surface area contributed by atoms with Gasteiger partial charge in [0, 0.05) is 0 Å². The highest BCUT2D eigenvalue weighted by Crippen LogP contribution is 2.21. The van der Waals surface area contributed by atoms with Crippen molar-refractivity contribution in [2.45, 2.75) is 0 Å². The van der Waals surface area contributed by atoms with E-state index in [1.54, 1.807) is 18.2 Å². The van der Waals surface area contributed by atoms with Gasteiger partial charge in [0.15, 0.2) is 0 Å². The van der Waals surface area contributed by atoms with Crippen molar-refractivity contribution < 1.29 is 19.2 Å². The summed E-state index contributed by atoms with van der Waals surface area (Å²) in [5, 5.41) is 14.2. The van der Waals surface area contributed by atoms with Crippen molar-refractivity contribution >= 4 is 23.4 Å². The van der Waals surface area contributed by atoms with Gasteiger partial charge in [-0.25, -0.2) is 0 Å². The van der Waals surface area contributed by atoms with Gasteiger partial charge in [-0.05, 0) is 12.1 Å². The topological polar surface area (TPSA) is 112 Å². The van der Waals surface area contributed by atoms with Crippen LogP contribution >= 0.6 is 0 Å². The molecular formula is C13H10N4O4. The van der Waals surface area contributed by atoms with Gasteiger partial charge in [0.1, 0.15) is 19.8 Å². The Labute approximate surface area is 119 Å². The number of nitrogens with one attached hydrogen (secondary N) is 1. The molecule has 0 saturated heterocycles. The Morgan fingerprint density at radius 1 is 1.33 bits per heavy atom. The Kier molecular flexibility index (Phi) is 3.95. The van der Waals surface area contributed by atoms with Gasteiger partial charge in [-0.1, -0.05) is 17.3 Å². The maximum atomic E-state index is 12.0. The smallest absolute Gasteiger partial charge is 0.285 e. The van der Waals surface area contributed by atoms with E-state index in [1.807, 2.05) is 0 Å². The van der Waals surface area contributed by atoms with Crippen LogP contribution in [-0.4, -0.2) is 42.1 Å². The minimum atomic E-state index is -0.837. The molecule has 1 N–H and O–H groups in total. The number of benzene rings is 1. The summed E-state index contributed by atoms with van der Waals surface area (Å²) in [5.74, 6) is -1.84. The third kappa shape index (κ3) is 2.57. The van der Waals surface area contributed by atoms with E-state index >= 15 is 0 Å². The maximum Gasteiger partial charge on any atom is 0.285 e. The van der Waals surface area contributed by atoms with Crippen molar-refractivity contribution in [3.05, 3.63) is 35.4 Å². The molecule has 0 bridgehead atoms. The van der Waals surface area contributed by atoms with Crippen molar-refractivity contribution in [1.82, 2.24) is 10.2 Å². The van der Waals surface area contributed by atoms with E-state index < -0.39 is 23.4 Å². The minimum Gasteiger partial charge on any atom is -0.398 e. The maximum absolute atomic E-state index is 12.0. The normalized spacial score (nSPS) is 13.7. The first-order valence-electron chi connectivity index (χ1n) is 5.84. The number of hydrogen-bond donors (Lipinski definition) is 1. The third-order valence-electron chi connectivity index (χ3n) is 2.78. The number of rotatable bonds is 4. The van der Waals surface area contributed by atoms with Crippen LogP contribution < -0.4 is 5.32 Å². The van der Waals surface area contributed by atoms with Crippen molar-refractivity contribution in [3.8, 4) is 6.07 Å². The van der Waals surface area contributed by atoms with Crippen LogP contribution in [0.3, 0.4) is 0 Å². The molecule has 0 aromatic heterocycles. The van der Waals surface area contributed by atoms with E-state index in [9.17, 15) is 14.4 Å². The summed E-state index contributed by atoms with van der Waals surface area (Å²) in [4.78, 5) is 40.9. The summed E-state index contributed by atoms with van der Waals surface area (Å²) in [5.41, 5.74) is 0.0553. The molecule has 0 aliphatic carbocycles. The zero-order valence-corrected chi connectivity index (χ0v) is 11.0.